The third kappa shape index (κ3) is 2.59. The molecule has 1 rings (SSSR count). The van der Waals surface area contributed by atoms with E-state index in [1.807, 2.05) is 0 Å². The molecule has 70 valence electrons. The number of likely N-dealkylation sites (tertiary alicyclic amines) is 1. The molecule has 1 aliphatic heterocycles. The summed E-state index contributed by atoms with van der Waals surface area (Å²) in [6, 6.07) is 0. The van der Waals surface area contributed by atoms with E-state index in [0.717, 1.165) is 25.9 Å². The summed E-state index contributed by atoms with van der Waals surface area (Å²) in [5.74, 6) is 1.31. The van der Waals surface area contributed by atoms with Crippen molar-refractivity contribution in [1.82, 2.24) is 4.90 Å². The average Bonchev–Trinajstić information content (AvgIpc) is 2.34. The number of nitrogens with zero attached hydrogens (tertiary/aromatic N) is 1. The van der Waals surface area contributed by atoms with Gasteiger partial charge < -0.3 is 4.90 Å². The molecule has 0 bridgehead atoms. The molecule has 12 heavy (non-hydrogen) atoms. The fourth-order valence-electron chi connectivity index (χ4n) is 1.77. The predicted octanol–water partition coefficient (Wildman–Crippen LogP) is 1.55. The SMILES string of the molecule is CC(C)CC(=O)C1CCN(C)C1. The molecular formula is C10H19NO. The average molecular weight is 169 g/mol. The second kappa shape index (κ2) is 4.04. The van der Waals surface area contributed by atoms with E-state index in [1.165, 1.54) is 0 Å². The molecule has 0 saturated carbocycles. The van der Waals surface area contributed by atoms with Crippen molar-refractivity contribution in [3.05, 3.63) is 0 Å². The molecule has 0 N–H and O–H groups in total. The van der Waals surface area contributed by atoms with Crippen LogP contribution in [0.3, 0.4) is 0 Å². The van der Waals surface area contributed by atoms with Crippen LogP contribution in [0.5, 0.6) is 0 Å². The quantitative estimate of drug-likeness (QED) is 0.639. The molecule has 0 aromatic carbocycles. The van der Waals surface area contributed by atoms with Gasteiger partial charge in [0.05, 0.1) is 0 Å². The Morgan fingerprint density at radius 3 is 2.67 bits per heavy atom. The van der Waals surface area contributed by atoms with Crippen LogP contribution in [0.2, 0.25) is 0 Å². The predicted molar refractivity (Wildman–Crippen MR) is 50.1 cm³/mol. The van der Waals surface area contributed by atoms with E-state index in [0.29, 0.717) is 17.6 Å². The number of carbonyl (C=O) groups is 1. The van der Waals surface area contributed by atoms with E-state index >= 15 is 0 Å². The van der Waals surface area contributed by atoms with Crippen molar-refractivity contribution in [3.63, 3.8) is 0 Å². The Morgan fingerprint density at radius 1 is 1.58 bits per heavy atom. The van der Waals surface area contributed by atoms with Gasteiger partial charge in [0.2, 0.25) is 0 Å². The number of rotatable bonds is 3. The lowest BCUT2D eigenvalue weighted by atomic mass is 9.96. The van der Waals surface area contributed by atoms with Gasteiger partial charge in [0.25, 0.3) is 0 Å². The van der Waals surface area contributed by atoms with Gasteiger partial charge in [-0.3, -0.25) is 4.79 Å². The zero-order valence-corrected chi connectivity index (χ0v) is 8.34. The lowest BCUT2D eigenvalue weighted by Crippen LogP contribution is -2.20. The first-order valence-electron chi connectivity index (χ1n) is 4.81. The van der Waals surface area contributed by atoms with Gasteiger partial charge in [-0.05, 0) is 25.9 Å². The van der Waals surface area contributed by atoms with E-state index in [2.05, 4.69) is 25.8 Å². The summed E-state index contributed by atoms with van der Waals surface area (Å²) < 4.78 is 0. The number of hydrogen-bond acceptors (Lipinski definition) is 2. The minimum atomic E-state index is 0.331. The standard InChI is InChI=1S/C10H19NO/c1-8(2)6-10(12)9-4-5-11(3)7-9/h8-9H,4-7H2,1-3H3. The minimum Gasteiger partial charge on any atom is -0.306 e. The van der Waals surface area contributed by atoms with E-state index in [-0.39, 0.29) is 0 Å². The zero-order valence-electron chi connectivity index (χ0n) is 8.34. The van der Waals surface area contributed by atoms with Gasteiger partial charge in [-0.25, -0.2) is 0 Å². The molecule has 2 nitrogen and oxygen atoms in total. The lowest BCUT2D eigenvalue weighted by molar-refractivity contribution is -0.123. The molecule has 1 unspecified atom stereocenters. The van der Waals surface area contributed by atoms with E-state index in [9.17, 15) is 4.79 Å². The second-order valence-electron chi connectivity index (χ2n) is 4.31. The Bertz CT molecular complexity index is 165. The first kappa shape index (κ1) is 9.72. The Kier molecular flexibility index (Phi) is 3.27. The molecular weight excluding hydrogens is 150 g/mol. The molecule has 0 radical (unpaired) electrons. The van der Waals surface area contributed by atoms with Crippen LogP contribution in [0.4, 0.5) is 0 Å². The Morgan fingerprint density at radius 2 is 2.25 bits per heavy atom. The topological polar surface area (TPSA) is 20.3 Å². The lowest BCUT2D eigenvalue weighted by Gasteiger charge is -2.10. The number of hydrogen-bond donors (Lipinski definition) is 0. The Hall–Kier alpha value is -0.370. The van der Waals surface area contributed by atoms with Gasteiger partial charge in [-0.15, -0.1) is 0 Å². The summed E-state index contributed by atoms with van der Waals surface area (Å²) in [6.07, 6.45) is 1.83. The second-order valence-corrected chi connectivity index (χ2v) is 4.31. The molecule has 0 aromatic heterocycles. The van der Waals surface area contributed by atoms with Crippen LogP contribution in [-0.4, -0.2) is 30.8 Å². The molecule has 2 heteroatoms. The maximum absolute atomic E-state index is 11.6. The van der Waals surface area contributed by atoms with Crippen molar-refractivity contribution in [2.45, 2.75) is 26.7 Å². The van der Waals surface area contributed by atoms with Gasteiger partial charge in [0, 0.05) is 18.9 Å². The van der Waals surface area contributed by atoms with Crippen LogP contribution in [0.1, 0.15) is 26.7 Å². The first-order valence-corrected chi connectivity index (χ1v) is 4.81. The van der Waals surface area contributed by atoms with Gasteiger partial charge in [0.15, 0.2) is 0 Å². The van der Waals surface area contributed by atoms with Crippen LogP contribution in [-0.2, 0) is 4.79 Å². The van der Waals surface area contributed by atoms with Gasteiger partial charge in [0.1, 0.15) is 5.78 Å². The maximum atomic E-state index is 11.6. The van der Waals surface area contributed by atoms with E-state index in [1.54, 1.807) is 0 Å². The number of ketones is 1. The normalized spacial score (nSPS) is 25.2. The van der Waals surface area contributed by atoms with Crippen LogP contribution in [0.25, 0.3) is 0 Å². The number of carbonyl (C=O) groups excluding carboxylic acids is 1. The first-order chi connectivity index (χ1) is 5.59. The molecule has 0 amide bonds. The smallest absolute Gasteiger partial charge is 0.137 e. The summed E-state index contributed by atoms with van der Waals surface area (Å²) >= 11 is 0. The molecule has 0 spiro atoms. The van der Waals surface area contributed by atoms with Crippen LogP contribution in [0.15, 0.2) is 0 Å². The molecule has 1 heterocycles. The zero-order chi connectivity index (χ0) is 9.14. The van der Waals surface area contributed by atoms with E-state index in [4.69, 9.17) is 0 Å². The maximum Gasteiger partial charge on any atom is 0.137 e. The summed E-state index contributed by atoms with van der Waals surface area (Å²) in [5, 5.41) is 0. The van der Waals surface area contributed by atoms with Crippen molar-refractivity contribution < 1.29 is 4.79 Å². The van der Waals surface area contributed by atoms with Crippen molar-refractivity contribution in [2.24, 2.45) is 11.8 Å². The molecule has 0 aliphatic carbocycles. The van der Waals surface area contributed by atoms with Crippen molar-refractivity contribution in [3.8, 4) is 0 Å². The highest BCUT2D eigenvalue weighted by Crippen LogP contribution is 2.18. The van der Waals surface area contributed by atoms with Crippen LogP contribution >= 0.6 is 0 Å². The number of Topliss-reactive ketones (excluding diaryl/α,β-unsaturated/α-hetero) is 1. The summed E-state index contributed by atoms with van der Waals surface area (Å²) in [7, 11) is 2.09. The fraction of sp³-hybridized carbons (Fsp3) is 0.900. The van der Waals surface area contributed by atoms with Crippen LogP contribution in [0, 0.1) is 11.8 Å². The van der Waals surface area contributed by atoms with Crippen molar-refractivity contribution in [1.29, 1.82) is 0 Å². The molecule has 1 fully saturated rings. The highest BCUT2D eigenvalue weighted by atomic mass is 16.1. The highest BCUT2D eigenvalue weighted by Gasteiger charge is 2.25. The molecule has 0 aromatic rings. The molecule has 1 saturated heterocycles. The summed E-state index contributed by atoms with van der Waals surface area (Å²) in [5.41, 5.74) is 0. The van der Waals surface area contributed by atoms with E-state index < -0.39 is 0 Å². The Labute approximate surface area is 74.9 Å². The van der Waals surface area contributed by atoms with Gasteiger partial charge in [-0.2, -0.15) is 0 Å². The molecule has 1 aliphatic rings. The van der Waals surface area contributed by atoms with Gasteiger partial charge in [-0.1, -0.05) is 13.8 Å². The minimum absolute atomic E-state index is 0.331. The fourth-order valence-corrected chi connectivity index (χ4v) is 1.77. The third-order valence-corrected chi connectivity index (χ3v) is 2.46. The Balaban J connectivity index is 2.33. The summed E-state index contributed by atoms with van der Waals surface area (Å²) in [4.78, 5) is 13.8. The van der Waals surface area contributed by atoms with Crippen molar-refractivity contribution in [2.75, 3.05) is 20.1 Å². The van der Waals surface area contributed by atoms with Crippen LogP contribution < -0.4 is 0 Å². The highest BCUT2D eigenvalue weighted by molar-refractivity contribution is 5.81. The third-order valence-electron chi connectivity index (χ3n) is 2.46. The van der Waals surface area contributed by atoms with Gasteiger partial charge >= 0.3 is 0 Å². The summed E-state index contributed by atoms with van der Waals surface area (Å²) in [6.45, 7) is 6.28. The largest absolute Gasteiger partial charge is 0.306 e. The molecule has 1 atom stereocenters. The van der Waals surface area contributed by atoms with Crippen molar-refractivity contribution >= 4 is 5.78 Å². The monoisotopic (exact) mass is 169 g/mol.